The number of imidazole rings is 1. The van der Waals surface area contributed by atoms with Crippen molar-refractivity contribution in [2.75, 3.05) is 6.61 Å². The van der Waals surface area contributed by atoms with E-state index in [2.05, 4.69) is 25.9 Å². The third kappa shape index (κ3) is 8.63. The second-order valence-corrected chi connectivity index (χ2v) is 8.39. The average Bonchev–Trinajstić information content (AvgIpc) is 3.21. The highest BCUT2D eigenvalue weighted by molar-refractivity contribution is 5.94. The molecular weight excluding hydrogens is 420 g/mol. The van der Waals surface area contributed by atoms with Gasteiger partial charge in [-0.2, -0.15) is 0 Å². The SMILES string of the molecule is CC(C)CC(N)C(=O)NC(Cc1cnc[nH]1)C(=O)NC(CO)C(=O)NC(C(=O)O)C(C)C. The number of aromatic amines is 1. The van der Waals surface area contributed by atoms with Crippen molar-refractivity contribution >= 4 is 23.7 Å². The molecule has 12 heteroatoms. The maximum Gasteiger partial charge on any atom is 0.326 e. The highest BCUT2D eigenvalue weighted by atomic mass is 16.4. The van der Waals surface area contributed by atoms with Gasteiger partial charge in [-0.25, -0.2) is 9.78 Å². The second-order valence-electron chi connectivity index (χ2n) is 8.39. The topological polar surface area (TPSA) is 200 Å². The molecule has 0 aromatic carbocycles. The van der Waals surface area contributed by atoms with Crippen molar-refractivity contribution < 1.29 is 29.4 Å². The summed E-state index contributed by atoms with van der Waals surface area (Å²) in [4.78, 5) is 55.8. The summed E-state index contributed by atoms with van der Waals surface area (Å²) in [7, 11) is 0. The van der Waals surface area contributed by atoms with Crippen LogP contribution < -0.4 is 21.7 Å². The number of aliphatic hydroxyl groups excluding tert-OH is 1. The highest BCUT2D eigenvalue weighted by Gasteiger charge is 2.31. The van der Waals surface area contributed by atoms with Gasteiger partial charge in [-0.15, -0.1) is 0 Å². The average molecular weight is 455 g/mol. The lowest BCUT2D eigenvalue weighted by Crippen LogP contribution is -2.59. The molecule has 0 fully saturated rings. The monoisotopic (exact) mass is 454 g/mol. The number of carbonyl (C=O) groups excluding carboxylic acids is 3. The maximum absolute atomic E-state index is 12.9. The minimum Gasteiger partial charge on any atom is -0.480 e. The van der Waals surface area contributed by atoms with Crippen LogP contribution in [0.2, 0.25) is 0 Å². The molecule has 3 amide bonds. The molecular formula is C20H34N6O6. The smallest absolute Gasteiger partial charge is 0.326 e. The Kier molecular flexibility index (Phi) is 10.8. The Morgan fingerprint density at radius 1 is 1.03 bits per heavy atom. The maximum atomic E-state index is 12.9. The summed E-state index contributed by atoms with van der Waals surface area (Å²) >= 11 is 0. The number of rotatable bonds is 13. The Labute approximate surface area is 186 Å². The standard InChI is InChI=1S/C20H34N6O6/c1-10(2)5-13(21)17(28)24-14(6-12-7-22-9-23-12)18(29)25-15(8-27)19(30)26-16(11(3)4)20(31)32/h7,9-11,13-16,27H,5-6,8,21H2,1-4H3,(H,22,23)(H,24,28)(H,25,29)(H,26,30)(H,31,32). The van der Waals surface area contributed by atoms with E-state index in [1.54, 1.807) is 13.8 Å². The zero-order valence-corrected chi connectivity index (χ0v) is 18.8. The van der Waals surface area contributed by atoms with Crippen LogP contribution in [0.15, 0.2) is 12.5 Å². The Hall–Kier alpha value is -2.99. The van der Waals surface area contributed by atoms with Crippen molar-refractivity contribution in [2.45, 2.75) is 64.7 Å². The van der Waals surface area contributed by atoms with Crippen molar-refractivity contribution in [3.63, 3.8) is 0 Å². The fraction of sp³-hybridized carbons (Fsp3) is 0.650. The molecule has 0 radical (unpaired) electrons. The van der Waals surface area contributed by atoms with Crippen LogP contribution in [0.4, 0.5) is 0 Å². The quantitative estimate of drug-likeness (QED) is 0.187. The molecule has 1 aromatic rings. The first-order valence-corrected chi connectivity index (χ1v) is 10.4. The predicted octanol–water partition coefficient (Wildman–Crippen LogP) is -1.49. The van der Waals surface area contributed by atoms with Crippen LogP contribution in [-0.2, 0) is 25.6 Å². The molecule has 0 aliphatic rings. The molecule has 0 aliphatic carbocycles. The van der Waals surface area contributed by atoms with Gasteiger partial charge in [0.05, 0.1) is 19.0 Å². The van der Waals surface area contributed by atoms with E-state index in [4.69, 9.17) is 5.73 Å². The van der Waals surface area contributed by atoms with Crippen molar-refractivity contribution in [1.82, 2.24) is 25.9 Å². The first-order valence-electron chi connectivity index (χ1n) is 10.4. The number of aliphatic carboxylic acids is 1. The number of aliphatic hydroxyl groups is 1. The normalized spacial score (nSPS) is 15.0. The van der Waals surface area contributed by atoms with E-state index in [0.717, 1.165) is 0 Å². The third-order valence-corrected chi connectivity index (χ3v) is 4.72. The molecule has 0 bridgehead atoms. The van der Waals surface area contributed by atoms with E-state index < -0.39 is 60.4 Å². The number of aromatic nitrogens is 2. The Balaban J connectivity index is 2.93. The number of H-pyrrole nitrogens is 1. The lowest BCUT2D eigenvalue weighted by molar-refractivity contribution is -0.143. The number of carbonyl (C=O) groups is 4. The van der Waals surface area contributed by atoms with Gasteiger partial charge in [0.25, 0.3) is 0 Å². The summed E-state index contributed by atoms with van der Waals surface area (Å²) in [6, 6.07) is -4.54. The third-order valence-electron chi connectivity index (χ3n) is 4.72. The van der Waals surface area contributed by atoms with E-state index in [9.17, 15) is 29.4 Å². The van der Waals surface area contributed by atoms with Gasteiger partial charge in [0, 0.05) is 18.3 Å². The number of carboxylic acid groups (broad SMARTS) is 1. The number of hydrogen-bond donors (Lipinski definition) is 7. The number of hydrogen-bond acceptors (Lipinski definition) is 7. The number of carboxylic acids is 1. The van der Waals surface area contributed by atoms with Gasteiger partial charge in [0.1, 0.15) is 18.1 Å². The summed E-state index contributed by atoms with van der Waals surface area (Å²) in [6.07, 6.45) is 3.35. The fourth-order valence-electron chi connectivity index (χ4n) is 2.95. The van der Waals surface area contributed by atoms with E-state index in [1.165, 1.54) is 12.5 Å². The van der Waals surface area contributed by atoms with E-state index >= 15 is 0 Å². The van der Waals surface area contributed by atoms with Crippen LogP contribution in [0, 0.1) is 11.8 Å². The summed E-state index contributed by atoms with van der Waals surface area (Å²) < 4.78 is 0. The minimum absolute atomic E-state index is 0.0372. The second kappa shape index (κ2) is 12.8. The van der Waals surface area contributed by atoms with Crippen LogP contribution in [0.5, 0.6) is 0 Å². The Bertz CT molecular complexity index is 767. The first-order chi connectivity index (χ1) is 15.0. The van der Waals surface area contributed by atoms with E-state index in [-0.39, 0.29) is 12.3 Å². The van der Waals surface area contributed by atoms with Gasteiger partial charge in [-0.3, -0.25) is 14.4 Å². The predicted molar refractivity (Wildman–Crippen MR) is 115 cm³/mol. The first kappa shape index (κ1) is 27.0. The van der Waals surface area contributed by atoms with E-state index in [0.29, 0.717) is 12.1 Å². The zero-order valence-electron chi connectivity index (χ0n) is 18.8. The largest absolute Gasteiger partial charge is 0.480 e. The highest BCUT2D eigenvalue weighted by Crippen LogP contribution is 2.06. The van der Waals surface area contributed by atoms with Crippen molar-refractivity contribution in [1.29, 1.82) is 0 Å². The molecule has 0 saturated heterocycles. The molecule has 4 unspecified atom stereocenters. The van der Waals surface area contributed by atoms with E-state index in [1.807, 2.05) is 13.8 Å². The van der Waals surface area contributed by atoms with Crippen molar-refractivity contribution in [3.05, 3.63) is 18.2 Å². The van der Waals surface area contributed by atoms with Crippen LogP contribution in [0.25, 0.3) is 0 Å². The molecule has 4 atom stereocenters. The van der Waals surface area contributed by atoms with Gasteiger partial charge < -0.3 is 36.9 Å². The molecule has 1 aromatic heterocycles. The number of nitrogens with zero attached hydrogens (tertiary/aromatic N) is 1. The van der Waals surface area contributed by atoms with Crippen LogP contribution in [-0.4, -0.2) is 74.6 Å². The molecule has 12 nitrogen and oxygen atoms in total. The van der Waals surface area contributed by atoms with Crippen molar-refractivity contribution in [2.24, 2.45) is 17.6 Å². The van der Waals surface area contributed by atoms with Gasteiger partial charge in [-0.05, 0) is 18.3 Å². The van der Waals surface area contributed by atoms with Gasteiger partial charge in [0.2, 0.25) is 17.7 Å². The minimum atomic E-state index is -1.41. The Morgan fingerprint density at radius 3 is 2.09 bits per heavy atom. The van der Waals surface area contributed by atoms with Crippen molar-refractivity contribution in [3.8, 4) is 0 Å². The fourth-order valence-corrected chi connectivity index (χ4v) is 2.95. The summed E-state index contributed by atoms with van der Waals surface area (Å²) in [5.74, 6) is -3.61. The van der Waals surface area contributed by atoms with Crippen LogP contribution >= 0.6 is 0 Å². The zero-order chi connectivity index (χ0) is 24.4. The molecule has 0 spiro atoms. The molecule has 32 heavy (non-hydrogen) atoms. The number of amides is 3. The Morgan fingerprint density at radius 2 is 1.62 bits per heavy atom. The number of nitrogens with one attached hydrogen (secondary N) is 4. The molecule has 1 rings (SSSR count). The molecule has 8 N–H and O–H groups in total. The summed E-state index contributed by atoms with van der Waals surface area (Å²) in [6.45, 7) is 6.28. The van der Waals surface area contributed by atoms with Crippen LogP contribution in [0.3, 0.4) is 0 Å². The van der Waals surface area contributed by atoms with Gasteiger partial charge in [-0.1, -0.05) is 27.7 Å². The molecule has 0 aliphatic heterocycles. The molecule has 1 heterocycles. The van der Waals surface area contributed by atoms with Gasteiger partial charge in [0.15, 0.2) is 0 Å². The lowest BCUT2D eigenvalue weighted by atomic mass is 10.0. The van der Waals surface area contributed by atoms with Gasteiger partial charge >= 0.3 is 5.97 Å². The van der Waals surface area contributed by atoms with Crippen LogP contribution in [0.1, 0.15) is 39.8 Å². The summed E-state index contributed by atoms with van der Waals surface area (Å²) in [5.41, 5.74) is 6.46. The summed E-state index contributed by atoms with van der Waals surface area (Å²) in [5, 5.41) is 26.1. The lowest BCUT2D eigenvalue weighted by Gasteiger charge is -2.25. The molecule has 180 valence electrons. The number of nitrogens with two attached hydrogens (primary N) is 1. The molecule has 0 saturated carbocycles.